The molecule has 0 aliphatic rings. The number of rotatable bonds is 3. The SMILES string of the molecule is Cc1c(C)c(C)c(C)c(C)c1C.Cc1cccs1.c1ccc(P(c2ccccc2)c2ccccc2)cc1. The van der Waals surface area contributed by atoms with Crippen LogP contribution in [0.15, 0.2) is 109 Å². The fourth-order valence-corrected chi connectivity index (χ4v) is 7.06. The maximum absolute atomic E-state index is 2.23. The van der Waals surface area contributed by atoms with Gasteiger partial charge in [0.25, 0.3) is 0 Å². The summed E-state index contributed by atoms with van der Waals surface area (Å²) in [5.41, 5.74) is 8.73. The summed E-state index contributed by atoms with van der Waals surface area (Å²) in [5.74, 6) is 0. The quantitative estimate of drug-likeness (QED) is 0.207. The maximum Gasteiger partial charge on any atom is 0.00141 e. The Kier molecular flexibility index (Phi) is 10.9. The molecule has 1 heterocycles. The van der Waals surface area contributed by atoms with Crippen LogP contribution >= 0.6 is 19.3 Å². The predicted octanol–water partition coefficient (Wildman–Crippen LogP) is 9.04. The first-order valence-electron chi connectivity index (χ1n) is 12.8. The monoisotopic (exact) mass is 522 g/mol. The van der Waals surface area contributed by atoms with Gasteiger partial charge in [-0.15, -0.1) is 11.3 Å². The Labute approximate surface area is 229 Å². The average Bonchev–Trinajstić information content (AvgIpc) is 3.43. The van der Waals surface area contributed by atoms with Gasteiger partial charge in [-0.05, 0) is 117 Å². The van der Waals surface area contributed by atoms with Crippen LogP contribution in [-0.2, 0) is 0 Å². The zero-order valence-electron chi connectivity index (χ0n) is 23.2. The molecule has 0 radical (unpaired) electrons. The molecule has 5 rings (SSSR count). The van der Waals surface area contributed by atoms with E-state index < -0.39 is 7.92 Å². The molecule has 0 atom stereocenters. The van der Waals surface area contributed by atoms with Gasteiger partial charge >= 0.3 is 0 Å². The highest BCUT2D eigenvalue weighted by molar-refractivity contribution is 7.79. The third kappa shape index (κ3) is 7.75. The lowest BCUT2D eigenvalue weighted by Crippen LogP contribution is -2.20. The number of hydrogen-bond donors (Lipinski definition) is 0. The van der Waals surface area contributed by atoms with Crippen LogP contribution in [-0.4, -0.2) is 0 Å². The molecule has 2 heteroatoms. The first-order valence-corrected chi connectivity index (χ1v) is 15.0. The largest absolute Gasteiger partial charge is 0.149 e. The highest BCUT2D eigenvalue weighted by atomic mass is 32.1. The van der Waals surface area contributed by atoms with E-state index in [1.165, 1.54) is 54.2 Å². The van der Waals surface area contributed by atoms with Gasteiger partial charge in [0, 0.05) is 4.88 Å². The highest BCUT2D eigenvalue weighted by Crippen LogP contribution is 2.32. The Balaban J connectivity index is 0.000000179. The van der Waals surface area contributed by atoms with Crippen LogP contribution in [0, 0.1) is 48.5 Å². The second-order valence-electron chi connectivity index (χ2n) is 9.32. The Morgan fingerprint density at radius 2 is 0.676 bits per heavy atom. The molecule has 0 spiro atoms. The molecule has 0 N–H and O–H groups in total. The fourth-order valence-electron chi connectivity index (χ4n) is 4.23. The van der Waals surface area contributed by atoms with Crippen LogP contribution in [0.4, 0.5) is 0 Å². The van der Waals surface area contributed by atoms with Gasteiger partial charge < -0.3 is 0 Å². The highest BCUT2D eigenvalue weighted by Gasteiger charge is 2.15. The normalized spacial score (nSPS) is 10.3. The minimum Gasteiger partial charge on any atom is -0.149 e. The summed E-state index contributed by atoms with van der Waals surface area (Å²) in [4.78, 5) is 1.38. The van der Waals surface area contributed by atoms with Gasteiger partial charge in [0.15, 0.2) is 0 Å². The van der Waals surface area contributed by atoms with E-state index in [4.69, 9.17) is 0 Å². The second-order valence-corrected chi connectivity index (χ2v) is 12.7. The third-order valence-electron chi connectivity index (χ3n) is 7.08. The average molecular weight is 523 g/mol. The van der Waals surface area contributed by atoms with Crippen LogP contribution in [0.1, 0.15) is 38.3 Å². The van der Waals surface area contributed by atoms with Gasteiger partial charge in [-0.3, -0.25) is 0 Å². The molecule has 4 aromatic carbocycles. The summed E-state index contributed by atoms with van der Waals surface area (Å²) < 4.78 is 0. The van der Waals surface area contributed by atoms with Crippen molar-refractivity contribution in [3.8, 4) is 0 Å². The number of benzene rings is 4. The van der Waals surface area contributed by atoms with Gasteiger partial charge in [0.2, 0.25) is 0 Å². The zero-order valence-corrected chi connectivity index (χ0v) is 25.0. The molecular weight excluding hydrogens is 483 g/mol. The lowest BCUT2D eigenvalue weighted by Gasteiger charge is -2.18. The molecule has 0 saturated heterocycles. The van der Waals surface area contributed by atoms with Crippen molar-refractivity contribution in [1.82, 2.24) is 0 Å². The van der Waals surface area contributed by atoms with E-state index in [-0.39, 0.29) is 0 Å². The molecule has 1 aromatic heterocycles. The standard InChI is InChI=1S/C18H15P.C12H18.C5H6S/c1-4-10-16(11-5-1)19(17-12-6-2-7-13-17)18-14-8-3-9-15-18;1-7-8(2)10(4)12(6)11(5)9(7)3;1-5-3-2-4-6-5/h1-15H;1-6H3;2-4H,1H3. The third-order valence-corrected chi connectivity index (χ3v) is 10.3. The summed E-state index contributed by atoms with van der Waals surface area (Å²) in [5, 5.41) is 6.27. The Hall–Kier alpha value is -2.99. The summed E-state index contributed by atoms with van der Waals surface area (Å²) in [7, 11) is -0.446. The van der Waals surface area contributed by atoms with Crippen LogP contribution in [0.3, 0.4) is 0 Å². The Bertz CT molecular complexity index is 1160. The van der Waals surface area contributed by atoms with Crippen molar-refractivity contribution in [2.24, 2.45) is 0 Å². The van der Waals surface area contributed by atoms with Gasteiger partial charge in [-0.1, -0.05) is 97.1 Å². The summed E-state index contributed by atoms with van der Waals surface area (Å²) >= 11 is 1.78. The zero-order chi connectivity index (χ0) is 26.8. The molecule has 0 aliphatic carbocycles. The van der Waals surface area contributed by atoms with E-state index in [0.717, 1.165) is 0 Å². The number of thiophene rings is 1. The van der Waals surface area contributed by atoms with Crippen LogP contribution in [0.25, 0.3) is 0 Å². The van der Waals surface area contributed by atoms with E-state index >= 15 is 0 Å². The van der Waals surface area contributed by atoms with Crippen molar-refractivity contribution in [3.05, 3.63) is 147 Å². The van der Waals surface area contributed by atoms with Crippen molar-refractivity contribution in [3.63, 3.8) is 0 Å². The van der Waals surface area contributed by atoms with Crippen molar-refractivity contribution >= 4 is 35.2 Å². The molecule has 37 heavy (non-hydrogen) atoms. The van der Waals surface area contributed by atoms with Crippen molar-refractivity contribution in [2.75, 3.05) is 0 Å². The van der Waals surface area contributed by atoms with Crippen LogP contribution < -0.4 is 15.9 Å². The smallest absolute Gasteiger partial charge is 0.00141 e. The molecule has 5 aromatic rings. The van der Waals surface area contributed by atoms with E-state index in [1.54, 1.807) is 11.3 Å². The molecule has 0 amide bonds. The van der Waals surface area contributed by atoms with E-state index in [1.807, 2.05) is 0 Å². The topological polar surface area (TPSA) is 0 Å². The lowest BCUT2D eigenvalue weighted by molar-refractivity contribution is 1.13. The lowest BCUT2D eigenvalue weighted by atomic mass is 9.90. The van der Waals surface area contributed by atoms with Crippen molar-refractivity contribution in [1.29, 1.82) is 0 Å². The van der Waals surface area contributed by atoms with Gasteiger partial charge in [-0.25, -0.2) is 0 Å². The first-order chi connectivity index (χ1) is 17.8. The van der Waals surface area contributed by atoms with E-state index in [9.17, 15) is 0 Å². The summed E-state index contributed by atoms with van der Waals surface area (Å²) in [6.07, 6.45) is 0. The summed E-state index contributed by atoms with van der Waals surface area (Å²) in [6.45, 7) is 15.4. The fraction of sp³-hybridized carbons (Fsp3) is 0.200. The molecule has 0 saturated carbocycles. The Morgan fingerprint density at radius 1 is 0.378 bits per heavy atom. The Morgan fingerprint density at radius 3 is 0.865 bits per heavy atom. The van der Waals surface area contributed by atoms with Crippen LogP contribution in [0.5, 0.6) is 0 Å². The molecule has 0 nitrogen and oxygen atoms in total. The molecule has 0 aliphatic heterocycles. The second kappa shape index (κ2) is 14.1. The van der Waals surface area contributed by atoms with Gasteiger partial charge in [-0.2, -0.15) is 0 Å². The maximum atomic E-state index is 2.23. The van der Waals surface area contributed by atoms with E-state index in [0.29, 0.717) is 0 Å². The van der Waals surface area contributed by atoms with Crippen LogP contribution in [0.2, 0.25) is 0 Å². The number of aryl methyl sites for hydroxylation is 1. The minimum atomic E-state index is -0.446. The minimum absolute atomic E-state index is 0.446. The van der Waals surface area contributed by atoms with Gasteiger partial charge in [0.05, 0.1) is 0 Å². The molecule has 0 fully saturated rings. The van der Waals surface area contributed by atoms with Gasteiger partial charge in [0.1, 0.15) is 0 Å². The molecular formula is C35H39PS. The molecule has 190 valence electrons. The van der Waals surface area contributed by atoms with E-state index in [2.05, 4.69) is 157 Å². The predicted molar refractivity (Wildman–Crippen MR) is 169 cm³/mol. The van der Waals surface area contributed by atoms with Crippen molar-refractivity contribution < 1.29 is 0 Å². The summed E-state index contributed by atoms with van der Waals surface area (Å²) in [6, 6.07) is 36.5. The van der Waals surface area contributed by atoms with Crippen molar-refractivity contribution in [2.45, 2.75) is 48.5 Å². The number of hydrogen-bond acceptors (Lipinski definition) is 1. The first kappa shape index (κ1) is 28.6. The molecule has 0 unspecified atom stereocenters. The molecule has 0 bridgehead atoms.